The van der Waals surface area contributed by atoms with Crippen LogP contribution in [-0.2, 0) is 29.0 Å². The summed E-state index contributed by atoms with van der Waals surface area (Å²) in [4.78, 5) is 46.0. The van der Waals surface area contributed by atoms with Gasteiger partial charge < -0.3 is 20.8 Å². The fourth-order valence-electron chi connectivity index (χ4n) is 3.77. The molecule has 0 aliphatic heterocycles. The molecule has 0 spiro atoms. The molecule has 0 aliphatic rings. The Bertz CT molecular complexity index is 1360. The van der Waals surface area contributed by atoms with Gasteiger partial charge in [0, 0.05) is 24.7 Å². The van der Waals surface area contributed by atoms with Crippen molar-refractivity contribution < 1.29 is 14.3 Å². The molecule has 35 heavy (non-hydrogen) atoms. The van der Waals surface area contributed by atoms with E-state index in [1.807, 2.05) is 42.5 Å². The predicted molar refractivity (Wildman–Crippen MR) is 133 cm³/mol. The third-order valence-corrected chi connectivity index (χ3v) is 5.63. The Kier molecular flexibility index (Phi) is 7.57. The summed E-state index contributed by atoms with van der Waals surface area (Å²) in [5.74, 6) is -0.405. The fraction of sp³-hybridized carbons (Fsp3) is 0.231. The molecule has 180 valence electrons. The first kappa shape index (κ1) is 23.7. The maximum atomic E-state index is 12.4. The second-order valence-electron chi connectivity index (χ2n) is 8.19. The molecule has 2 heterocycles. The SMILES string of the molecule is Nc1nc2[nH]cc(CCc3ccc(C(=O)NCCCC(=O)OCc4ccccc4)cc3)c2c(=O)[nH]1. The number of esters is 1. The van der Waals surface area contributed by atoms with E-state index in [4.69, 9.17) is 10.5 Å². The van der Waals surface area contributed by atoms with E-state index in [-0.39, 0.29) is 36.4 Å². The smallest absolute Gasteiger partial charge is 0.306 e. The van der Waals surface area contributed by atoms with Crippen LogP contribution in [0.3, 0.4) is 0 Å². The average molecular weight is 474 g/mol. The number of hydrogen-bond donors (Lipinski definition) is 4. The maximum absolute atomic E-state index is 12.4. The van der Waals surface area contributed by atoms with Crippen molar-refractivity contribution in [1.82, 2.24) is 20.3 Å². The van der Waals surface area contributed by atoms with Crippen molar-refractivity contribution in [1.29, 1.82) is 0 Å². The van der Waals surface area contributed by atoms with Crippen LogP contribution >= 0.6 is 0 Å². The second kappa shape index (κ2) is 11.1. The van der Waals surface area contributed by atoms with Gasteiger partial charge in [-0.25, -0.2) is 0 Å². The minimum absolute atomic E-state index is 0.0766. The number of hydrogen-bond acceptors (Lipinski definition) is 6. The number of nitrogens with one attached hydrogen (secondary N) is 3. The van der Waals surface area contributed by atoms with Gasteiger partial charge >= 0.3 is 5.97 Å². The Morgan fingerprint density at radius 3 is 2.54 bits per heavy atom. The molecule has 2 aromatic heterocycles. The highest BCUT2D eigenvalue weighted by molar-refractivity contribution is 5.94. The van der Waals surface area contributed by atoms with Crippen molar-refractivity contribution in [3.05, 3.63) is 93.4 Å². The molecular weight excluding hydrogens is 446 g/mol. The van der Waals surface area contributed by atoms with E-state index in [2.05, 4.69) is 20.3 Å². The van der Waals surface area contributed by atoms with Gasteiger partial charge in [0.25, 0.3) is 11.5 Å². The van der Waals surface area contributed by atoms with Gasteiger partial charge in [0.05, 0.1) is 5.39 Å². The number of rotatable bonds is 10. The van der Waals surface area contributed by atoms with Crippen LogP contribution in [0.2, 0.25) is 0 Å². The number of nitrogen functional groups attached to an aromatic ring is 1. The number of fused-ring (bicyclic) bond motifs is 1. The lowest BCUT2D eigenvalue weighted by molar-refractivity contribution is -0.145. The largest absolute Gasteiger partial charge is 0.461 e. The number of aryl methyl sites for hydroxylation is 2. The molecule has 0 fully saturated rings. The monoisotopic (exact) mass is 473 g/mol. The number of benzene rings is 2. The first-order chi connectivity index (χ1) is 17.0. The number of amides is 1. The van der Waals surface area contributed by atoms with Gasteiger partial charge in [0.2, 0.25) is 5.95 Å². The molecule has 0 saturated carbocycles. The zero-order valence-corrected chi connectivity index (χ0v) is 19.2. The lowest BCUT2D eigenvalue weighted by Gasteiger charge is -2.07. The molecule has 0 radical (unpaired) electrons. The van der Waals surface area contributed by atoms with Crippen LogP contribution in [0.1, 0.15) is 39.9 Å². The van der Waals surface area contributed by atoms with E-state index in [9.17, 15) is 14.4 Å². The predicted octanol–water partition coefficient (Wildman–Crippen LogP) is 2.87. The van der Waals surface area contributed by atoms with Crippen molar-refractivity contribution in [2.75, 3.05) is 12.3 Å². The van der Waals surface area contributed by atoms with Crippen LogP contribution in [0.5, 0.6) is 0 Å². The van der Waals surface area contributed by atoms with Crippen LogP contribution in [0.15, 0.2) is 65.6 Å². The molecular formula is C26H27N5O4. The van der Waals surface area contributed by atoms with Crippen molar-refractivity contribution >= 4 is 28.9 Å². The Morgan fingerprint density at radius 1 is 1.00 bits per heavy atom. The summed E-state index contributed by atoms with van der Waals surface area (Å²) < 4.78 is 5.24. The molecule has 0 aliphatic carbocycles. The molecule has 0 unspecified atom stereocenters. The number of H-pyrrole nitrogens is 2. The topological polar surface area (TPSA) is 143 Å². The highest BCUT2D eigenvalue weighted by atomic mass is 16.5. The first-order valence-corrected chi connectivity index (χ1v) is 11.4. The van der Waals surface area contributed by atoms with Crippen LogP contribution in [-0.4, -0.2) is 33.4 Å². The molecule has 4 rings (SSSR count). The number of carbonyl (C=O) groups excluding carboxylic acids is 2. The highest BCUT2D eigenvalue weighted by Crippen LogP contribution is 2.16. The molecule has 0 atom stereocenters. The Balaban J connectivity index is 1.20. The summed E-state index contributed by atoms with van der Waals surface area (Å²) in [6, 6.07) is 16.8. The number of ether oxygens (including phenoxy) is 1. The number of aromatic amines is 2. The normalized spacial score (nSPS) is 10.9. The van der Waals surface area contributed by atoms with Gasteiger partial charge in [-0.3, -0.25) is 19.4 Å². The summed E-state index contributed by atoms with van der Waals surface area (Å²) in [7, 11) is 0. The molecule has 1 amide bonds. The van der Waals surface area contributed by atoms with Crippen molar-refractivity contribution in [3.8, 4) is 0 Å². The van der Waals surface area contributed by atoms with E-state index < -0.39 is 0 Å². The molecule has 9 nitrogen and oxygen atoms in total. The van der Waals surface area contributed by atoms with E-state index in [1.54, 1.807) is 18.3 Å². The van der Waals surface area contributed by atoms with Gasteiger partial charge in [-0.2, -0.15) is 4.98 Å². The third kappa shape index (κ3) is 6.35. The molecule has 0 bridgehead atoms. The Morgan fingerprint density at radius 2 is 1.77 bits per heavy atom. The van der Waals surface area contributed by atoms with Crippen molar-refractivity contribution in [3.63, 3.8) is 0 Å². The van der Waals surface area contributed by atoms with Crippen LogP contribution in [0.25, 0.3) is 11.0 Å². The minimum Gasteiger partial charge on any atom is -0.461 e. The number of carbonyl (C=O) groups is 2. The van der Waals surface area contributed by atoms with E-state index in [0.29, 0.717) is 42.4 Å². The standard InChI is InChI=1S/C26H27N5O4/c27-26-30-23-22(25(34)31-26)20(15-29-23)13-10-17-8-11-19(12-9-17)24(33)28-14-4-7-21(32)35-16-18-5-2-1-3-6-18/h1-3,5-6,8-9,11-12,15H,4,7,10,13-14,16H2,(H,28,33)(H4,27,29,30,31,34). The number of nitrogens with zero attached hydrogens (tertiary/aromatic N) is 1. The number of nitrogens with two attached hydrogens (primary N) is 1. The zero-order valence-electron chi connectivity index (χ0n) is 19.2. The van der Waals surface area contributed by atoms with Crippen LogP contribution < -0.4 is 16.6 Å². The lowest BCUT2D eigenvalue weighted by atomic mass is 10.0. The van der Waals surface area contributed by atoms with Crippen LogP contribution in [0, 0.1) is 0 Å². The number of aromatic nitrogens is 3. The third-order valence-electron chi connectivity index (χ3n) is 5.63. The van der Waals surface area contributed by atoms with Gasteiger partial charge in [-0.05, 0) is 48.1 Å². The van der Waals surface area contributed by atoms with Crippen molar-refractivity contribution in [2.45, 2.75) is 32.3 Å². The van der Waals surface area contributed by atoms with Crippen LogP contribution in [0.4, 0.5) is 5.95 Å². The van der Waals surface area contributed by atoms with Crippen molar-refractivity contribution in [2.24, 2.45) is 0 Å². The molecule has 5 N–H and O–H groups in total. The average Bonchev–Trinajstić information content (AvgIpc) is 3.28. The van der Waals surface area contributed by atoms with E-state index in [1.165, 1.54) is 0 Å². The summed E-state index contributed by atoms with van der Waals surface area (Å²) in [5, 5.41) is 3.34. The molecule has 4 aromatic rings. The van der Waals surface area contributed by atoms with Gasteiger partial charge in [0.1, 0.15) is 12.3 Å². The van der Waals surface area contributed by atoms with Gasteiger partial charge in [-0.1, -0.05) is 42.5 Å². The molecule has 0 saturated heterocycles. The fourth-order valence-corrected chi connectivity index (χ4v) is 3.77. The molecule has 9 heteroatoms. The van der Waals surface area contributed by atoms with Gasteiger partial charge in [-0.15, -0.1) is 0 Å². The number of anilines is 1. The second-order valence-corrected chi connectivity index (χ2v) is 8.19. The zero-order chi connectivity index (χ0) is 24.6. The maximum Gasteiger partial charge on any atom is 0.306 e. The van der Waals surface area contributed by atoms with E-state index in [0.717, 1.165) is 16.7 Å². The summed E-state index contributed by atoms with van der Waals surface area (Å²) in [5.41, 5.74) is 9.17. The van der Waals surface area contributed by atoms with E-state index >= 15 is 0 Å². The first-order valence-electron chi connectivity index (χ1n) is 11.4. The highest BCUT2D eigenvalue weighted by Gasteiger charge is 2.11. The molecule has 2 aromatic carbocycles. The lowest BCUT2D eigenvalue weighted by Crippen LogP contribution is -2.25. The Hall–Kier alpha value is -4.40. The summed E-state index contributed by atoms with van der Waals surface area (Å²) in [6.45, 7) is 0.634. The van der Waals surface area contributed by atoms with Gasteiger partial charge in [0.15, 0.2) is 0 Å². The minimum atomic E-state index is -0.288. The Labute approximate surface area is 201 Å². The summed E-state index contributed by atoms with van der Waals surface area (Å²) in [6.07, 6.45) is 3.85. The summed E-state index contributed by atoms with van der Waals surface area (Å²) >= 11 is 0. The quantitative estimate of drug-likeness (QED) is 0.206.